The standard InChI is InChI=1S/C12H17NO2/c1-2-3-4-5-8-13-9-6-7-11(10-13)12(14)15/h6-7,9-10H,2-5,8H2,1H3/p+1. The molecule has 0 amide bonds. The van der Waals surface area contributed by atoms with Gasteiger partial charge in [0.15, 0.2) is 12.4 Å². The molecule has 1 heterocycles. The molecule has 0 atom stereocenters. The molecular formula is C12H18NO2+. The number of rotatable bonds is 6. The van der Waals surface area contributed by atoms with E-state index >= 15 is 0 Å². The van der Waals surface area contributed by atoms with Gasteiger partial charge in [0.25, 0.3) is 0 Å². The van der Waals surface area contributed by atoms with Gasteiger partial charge in [0.05, 0.1) is 0 Å². The van der Waals surface area contributed by atoms with Crippen molar-refractivity contribution < 1.29 is 14.5 Å². The Morgan fingerprint density at radius 1 is 1.40 bits per heavy atom. The van der Waals surface area contributed by atoms with E-state index in [1.54, 1.807) is 18.3 Å². The Balaban J connectivity index is 2.47. The molecule has 3 nitrogen and oxygen atoms in total. The maximum atomic E-state index is 10.7. The molecule has 0 fully saturated rings. The fraction of sp³-hybridized carbons (Fsp3) is 0.500. The molecule has 1 N–H and O–H groups in total. The monoisotopic (exact) mass is 208 g/mol. The molecule has 0 unspecified atom stereocenters. The van der Waals surface area contributed by atoms with Gasteiger partial charge in [-0.25, -0.2) is 9.36 Å². The molecular weight excluding hydrogens is 190 g/mol. The third-order valence-electron chi connectivity index (χ3n) is 2.38. The Labute approximate surface area is 90.4 Å². The lowest BCUT2D eigenvalue weighted by Gasteiger charge is -1.98. The average molecular weight is 208 g/mol. The number of hydrogen-bond donors (Lipinski definition) is 1. The summed E-state index contributed by atoms with van der Waals surface area (Å²) >= 11 is 0. The van der Waals surface area contributed by atoms with Crippen LogP contribution in [0.4, 0.5) is 0 Å². The van der Waals surface area contributed by atoms with Gasteiger partial charge in [0.2, 0.25) is 0 Å². The molecule has 15 heavy (non-hydrogen) atoms. The lowest BCUT2D eigenvalue weighted by atomic mass is 10.2. The van der Waals surface area contributed by atoms with Gasteiger partial charge in [0, 0.05) is 12.5 Å². The van der Waals surface area contributed by atoms with Crippen LogP contribution in [0.2, 0.25) is 0 Å². The van der Waals surface area contributed by atoms with Crippen LogP contribution in [0.25, 0.3) is 0 Å². The van der Waals surface area contributed by atoms with E-state index in [0.717, 1.165) is 13.0 Å². The van der Waals surface area contributed by atoms with Crippen molar-refractivity contribution in [2.45, 2.75) is 39.2 Å². The predicted octanol–water partition coefficient (Wildman–Crippen LogP) is 2.25. The first-order valence-electron chi connectivity index (χ1n) is 5.46. The molecule has 0 saturated carbocycles. The minimum Gasteiger partial charge on any atom is -0.477 e. The summed E-state index contributed by atoms with van der Waals surface area (Å²) in [5.74, 6) is -0.863. The zero-order valence-corrected chi connectivity index (χ0v) is 9.15. The van der Waals surface area contributed by atoms with Crippen LogP contribution in [0.3, 0.4) is 0 Å². The second kappa shape index (κ2) is 6.17. The molecule has 0 aromatic carbocycles. The lowest BCUT2D eigenvalue weighted by Crippen LogP contribution is -2.33. The first-order valence-corrected chi connectivity index (χ1v) is 5.46. The van der Waals surface area contributed by atoms with Crippen molar-refractivity contribution in [3.63, 3.8) is 0 Å². The van der Waals surface area contributed by atoms with E-state index in [2.05, 4.69) is 6.92 Å². The molecule has 0 aliphatic rings. The molecule has 1 aromatic heterocycles. The first kappa shape index (κ1) is 11.7. The van der Waals surface area contributed by atoms with Crippen LogP contribution in [-0.2, 0) is 6.54 Å². The summed E-state index contributed by atoms with van der Waals surface area (Å²) in [5.41, 5.74) is 0.355. The van der Waals surface area contributed by atoms with E-state index in [0.29, 0.717) is 5.56 Å². The van der Waals surface area contributed by atoms with E-state index in [1.165, 1.54) is 19.3 Å². The van der Waals surface area contributed by atoms with Crippen LogP contribution in [-0.4, -0.2) is 11.1 Å². The van der Waals surface area contributed by atoms with Gasteiger partial charge < -0.3 is 5.11 Å². The number of pyridine rings is 1. The Kier molecular flexibility index (Phi) is 4.81. The zero-order valence-electron chi connectivity index (χ0n) is 9.15. The van der Waals surface area contributed by atoms with Gasteiger partial charge in [-0.05, 0) is 12.5 Å². The maximum absolute atomic E-state index is 10.7. The topological polar surface area (TPSA) is 41.2 Å². The summed E-state index contributed by atoms with van der Waals surface area (Å²) in [5, 5.41) is 8.81. The van der Waals surface area contributed by atoms with Crippen molar-refractivity contribution in [1.29, 1.82) is 0 Å². The molecule has 3 heteroatoms. The summed E-state index contributed by atoms with van der Waals surface area (Å²) in [7, 11) is 0. The number of unbranched alkanes of at least 4 members (excludes halogenated alkanes) is 3. The number of carbonyl (C=O) groups is 1. The smallest absolute Gasteiger partial charge is 0.341 e. The van der Waals surface area contributed by atoms with Gasteiger partial charge in [-0.15, -0.1) is 0 Å². The van der Waals surface area contributed by atoms with Crippen molar-refractivity contribution in [1.82, 2.24) is 0 Å². The average Bonchev–Trinajstić information content (AvgIpc) is 2.25. The molecule has 0 bridgehead atoms. The number of nitrogens with zero attached hydrogens (tertiary/aromatic N) is 1. The Bertz CT molecular complexity index is 323. The number of carboxylic acids is 1. The van der Waals surface area contributed by atoms with Crippen LogP contribution in [0.1, 0.15) is 43.0 Å². The molecule has 0 radical (unpaired) electrons. The van der Waals surface area contributed by atoms with Gasteiger partial charge in [-0.1, -0.05) is 19.8 Å². The highest BCUT2D eigenvalue weighted by Gasteiger charge is 2.07. The lowest BCUT2D eigenvalue weighted by molar-refractivity contribution is -0.697. The molecule has 0 aliphatic carbocycles. The molecule has 1 rings (SSSR count). The van der Waals surface area contributed by atoms with Gasteiger partial charge in [-0.2, -0.15) is 0 Å². The van der Waals surface area contributed by atoms with Crippen molar-refractivity contribution >= 4 is 5.97 Å². The highest BCUT2D eigenvalue weighted by atomic mass is 16.4. The maximum Gasteiger partial charge on any atom is 0.341 e. The van der Waals surface area contributed by atoms with Gasteiger partial charge in [-0.3, -0.25) is 0 Å². The molecule has 0 saturated heterocycles. The molecule has 0 aliphatic heterocycles. The molecule has 82 valence electrons. The second-order valence-electron chi connectivity index (χ2n) is 3.70. The quantitative estimate of drug-likeness (QED) is 0.575. The fourth-order valence-corrected chi connectivity index (χ4v) is 1.51. The minimum atomic E-state index is -0.863. The summed E-state index contributed by atoms with van der Waals surface area (Å²) in [6.45, 7) is 3.08. The van der Waals surface area contributed by atoms with Crippen molar-refractivity contribution in [2.24, 2.45) is 0 Å². The SMILES string of the molecule is CCCCCC[n+]1cccc(C(=O)O)c1. The number of carboxylic acid groups (broad SMARTS) is 1. The summed E-state index contributed by atoms with van der Waals surface area (Å²) < 4.78 is 1.94. The highest BCUT2D eigenvalue weighted by Crippen LogP contribution is 1.99. The minimum absolute atomic E-state index is 0.355. The first-order chi connectivity index (χ1) is 7.24. The van der Waals surface area contributed by atoms with E-state index in [9.17, 15) is 4.79 Å². The summed E-state index contributed by atoms with van der Waals surface area (Å²) in [6.07, 6.45) is 8.40. The van der Waals surface area contributed by atoms with Crippen LogP contribution in [0, 0.1) is 0 Å². The van der Waals surface area contributed by atoms with Crippen LogP contribution in [0.5, 0.6) is 0 Å². The third kappa shape index (κ3) is 4.11. The number of aromatic carboxylic acids is 1. The van der Waals surface area contributed by atoms with Crippen LogP contribution >= 0.6 is 0 Å². The Morgan fingerprint density at radius 2 is 2.20 bits per heavy atom. The second-order valence-corrected chi connectivity index (χ2v) is 3.70. The Morgan fingerprint density at radius 3 is 2.87 bits per heavy atom. The normalized spacial score (nSPS) is 10.2. The molecule has 1 aromatic rings. The van der Waals surface area contributed by atoms with E-state index in [-0.39, 0.29) is 0 Å². The highest BCUT2D eigenvalue weighted by molar-refractivity contribution is 5.86. The number of hydrogen-bond acceptors (Lipinski definition) is 1. The number of aromatic nitrogens is 1. The van der Waals surface area contributed by atoms with Gasteiger partial charge in [0.1, 0.15) is 12.1 Å². The van der Waals surface area contributed by atoms with E-state index < -0.39 is 5.97 Å². The fourth-order valence-electron chi connectivity index (χ4n) is 1.51. The van der Waals surface area contributed by atoms with Crippen molar-refractivity contribution in [3.05, 3.63) is 30.1 Å². The molecule has 0 spiro atoms. The van der Waals surface area contributed by atoms with Crippen LogP contribution in [0.15, 0.2) is 24.5 Å². The van der Waals surface area contributed by atoms with Gasteiger partial charge >= 0.3 is 5.97 Å². The third-order valence-corrected chi connectivity index (χ3v) is 2.38. The predicted molar refractivity (Wildman–Crippen MR) is 57.7 cm³/mol. The summed E-state index contributed by atoms with van der Waals surface area (Å²) in [6, 6.07) is 3.40. The van der Waals surface area contributed by atoms with Crippen molar-refractivity contribution in [2.75, 3.05) is 0 Å². The van der Waals surface area contributed by atoms with Crippen LogP contribution < -0.4 is 4.57 Å². The summed E-state index contributed by atoms with van der Waals surface area (Å²) in [4.78, 5) is 10.7. The van der Waals surface area contributed by atoms with Crippen molar-refractivity contribution in [3.8, 4) is 0 Å². The zero-order chi connectivity index (χ0) is 11.1. The largest absolute Gasteiger partial charge is 0.477 e. The number of aryl methyl sites for hydroxylation is 1. The van der Waals surface area contributed by atoms with E-state index in [4.69, 9.17) is 5.11 Å². The van der Waals surface area contributed by atoms with E-state index in [1.807, 2.05) is 10.8 Å². The Hall–Kier alpha value is -1.38.